The van der Waals surface area contributed by atoms with Gasteiger partial charge in [0, 0.05) is 5.57 Å². The maximum absolute atomic E-state index is 11.8. The van der Waals surface area contributed by atoms with Crippen LogP contribution in [0.25, 0.3) is 0 Å². The van der Waals surface area contributed by atoms with Crippen molar-refractivity contribution in [2.75, 3.05) is 6.61 Å². The maximum atomic E-state index is 11.8. The molecule has 0 bridgehead atoms. The van der Waals surface area contributed by atoms with E-state index in [1.165, 1.54) is 0 Å². The fourth-order valence-electron chi connectivity index (χ4n) is 2.10. The van der Waals surface area contributed by atoms with Gasteiger partial charge >= 0.3 is 11.9 Å². The van der Waals surface area contributed by atoms with E-state index in [-0.39, 0.29) is 24.0 Å². The Balaban J connectivity index is 2.26. The normalized spacial score (nSPS) is 22.6. The summed E-state index contributed by atoms with van der Waals surface area (Å²) in [7, 11) is 0. The molecule has 1 saturated carbocycles. The van der Waals surface area contributed by atoms with Gasteiger partial charge in [0.2, 0.25) is 0 Å². The van der Waals surface area contributed by atoms with Crippen LogP contribution in [0.2, 0.25) is 0 Å². The minimum atomic E-state index is -0.339. The van der Waals surface area contributed by atoms with Crippen molar-refractivity contribution < 1.29 is 19.1 Å². The first-order valence-corrected chi connectivity index (χ1v) is 7.07. The molecule has 19 heavy (non-hydrogen) atoms. The third kappa shape index (κ3) is 5.45. The standard InChI is InChI=1S/C15H24O4/c1-4-5-10-18-15(17)12-6-8-13(9-7-12)19-14(16)11(2)3/h12-13H,2,4-10H2,1,3H3. The van der Waals surface area contributed by atoms with E-state index in [1.807, 2.05) is 0 Å². The highest BCUT2D eigenvalue weighted by molar-refractivity contribution is 5.87. The van der Waals surface area contributed by atoms with Crippen LogP contribution in [0.1, 0.15) is 52.4 Å². The van der Waals surface area contributed by atoms with Crippen LogP contribution in [0, 0.1) is 5.92 Å². The Morgan fingerprint density at radius 2 is 1.84 bits per heavy atom. The van der Waals surface area contributed by atoms with E-state index in [4.69, 9.17) is 9.47 Å². The molecule has 0 atom stereocenters. The molecule has 0 N–H and O–H groups in total. The molecule has 0 aromatic heterocycles. The zero-order chi connectivity index (χ0) is 14.3. The minimum absolute atomic E-state index is 0.0309. The maximum Gasteiger partial charge on any atom is 0.333 e. The summed E-state index contributed by atoms with van der Waals surface area (Å²) >= 11 is 0. The van der Waals surface area contributed by atoms with Crippen molar-refractivity contribution in [1.82, 2.24) is 0 Å². The molecule has 0 radical (unpaired) electrons. The molecule has 4 heteroatoms. The van der Waals surface area contributed by atoms with Gasteiger partial charge in [-0.05, 0) is 39.0 Å². The fraction of sp³-hybridized carbons (Fsp3) is 0.733. The summed E-state index contributed by atoms with van der Waals surface area (Å²) in [6.45, 7) is 7.77. The molecular formula is C15H24O4. The molecule has 1 aliphatic rings. The van der Waals surface area contributed by atoms with Crippen molar-refractivity contribution in [3.63, 3.8) is 0 Å². The summed E-state index contributed by atoms with van der Waals surface area (Å²) in [4.78, 5) is 23.2. The molecule has 1 rings (SSSR count). The van der Waals surface area contributed by atoms with Crippen LogP contribution in [0.3, 0.4) is 0 Å². The van der Waals surface area contributed by atoms with E-state index in [1.54, 1.807) is 6.92 Å². The van der Waals surface area contributed by atoms with Crippen LogP contribution in [0.15, 0.2) is 12.2 Å². The summed E-state index contributed by atoms with van der Waals surface area (Å²) in [5.41, 5.74) is 0.418. The quantitative estimate of drug-likeness (QED) is 0.422. The zero-order valence-corrected chi connectivity index (χ0v) is 11.9. The molecular weight excluding hydrogens is 244 g/mol. The number of hydrogen-bond acceptors (Lipinski definition) is 4. The van der Waals surface area contributed by atoms with Crippen LogP contribution < -0.4 is 0 Å². The Morgan fingerprint density at radius 3 is 2.37 bits per heavy atom. The van der Waals surface area contributed by atoms with Crippen LogP contribution in [0.4, 0.5) is 0 Å². The Labute approximate surface area is 115 Å². The van der Waals surface area contributed by atoms with E-state index < -0.39 is 0 Å². The first-order valence-electron chi connectivity index (χ1n) is 7.07. The molecule has 0 spiro atoms. The zero-order valence-electron chi connectivity index (χ0n) is 11.9. The highest BCUT2D eigenvalue weighted by atomic mass is 16.5. The summed E-state index contributed by atoms with van der Waals surface area (Å²) in [5, 5.41) is 0. The Morgan fingerprint density at radius 1 is 1.21 bits per heavy atom. The van der Waals surface area contributed by atoms with Gasteiger partial charge in [0.1, 0.15) is 6.10 Å². The first-order chi connectivity index (χ1) is 9.04. The molecule has 0 unspecified atom stereocenters. The van der Waals surface area contributed by atoms with E-state index in [0.29, 0.717) is 12.2 Å². The number of unbranched alkanes of at least 4 members (excludes halogenated alkanes) is 1. The second-order valence-corrected chi connectivity index (χ2v) is 5.18. The van der Waals surface area contributed by atoms with Crippen molar-refractivity contribution in [1.29, 1.82) is 0 Å². The number of hydrogen-bond donors (Lipinski definition) is 0. The van der Waals surface area contributed by atoms with Crippen LogP contribution in [0.5, 0.6) is 0 Å². The molecule has 108 valence electrons. The highest BCUT2D eigenvalue weighted by Crippen LogP contribution is 2.27. The average molecular weight is 268 g/mol. The Kier molecular flexibility index (Phi) is 6.60. The summed E-state index contributed by atoms with van der Waals surface area (Å²) < 4.78 is 10.5. The van der Waals surface area contributed by atoms with Gasteiger partial charge in [0.05, 0.1) is 12.5 Å². The van der Waals surface area contributed by atoms with Crippen LogP contribution >= 0.6 is 0 Å². The lowest BCUT2D eigenvalue weighted by Gasteiger charge is -2.27. The van der Waals surface area contributed by atoms with Gasteiger partial charge in [-0.15, -0.1) is 0 Å². The molecule has 0 amide bonds. The third-order valence-electron chi connectivity index (χ3n) is 3.37. The van der Waals surface area contributed by atoms with E-state index in [9.17, 15) is 9.59 Å². The fourth-order valence-corrected chi connectivity index (χ4v) is 2.10. The summed E-state index contributed by atoms with van der Waals surface area (Å²) in [5.74, 6) is -0.469. The Bertz CT molecular complexity index is 327. The lowest BCUT2D eigenvalue weighted by atomic mass is 9.87. The second kappa shape index (κ2) is 7.97. The lowest BCUT2D eigenvalue weighted by Crippen LogP contribution is -2.29. The van der Waals surface area contributed by atoms with Gasteiger partial charge in [-0.25, -0.2) is 4.79 Å². The first kappa shape index (κ1) is 15.7. The van der Waals surface area contributed by atoms with Gasteiger partial charge in [0.15, 0.2) is 0 Å². The number of esters is 2. The summed E-state index contributed by atoms with van der Waals surface area (Å²) in [6, 6.07) is 0. The minimum Gasteiger partial charge on any atom is -0.465 e. The van der Waals surface area contributed by atoms with E-state index in [2.05, 4.69) is 13.5 Å². The average Bonchev–Trinajstić information content (AvgIpc) is 2.39. The second-order valence-electron chi connectivity index (χ2n) is 5.18. The number of carbonyl (C=O) groups excluding carboxylic acids is 2. The SMILES string of the molecule is C=C(C)C(=O)OC1CCC(C(=O)OCCCC)CC1. The van der Waals surface area contributed by atoms with Gasteiger partial charge < -0.3 is 9.47 Å². The largest absolute Gasteiger partial charge is 0.465 e. The summed E-state index contributed by atoms with van der Waals surface area (Å²) in [6.07, 6.45) is 4.79. The molecule has 0 aromatic rings. The van der Waals surface area contributed by atoms with E-state index in [0.717, 1.165) is 38.5 Å². The smallest absolute Gasteiger partial charge is 0.333 e. The van der Waals surface area contributed by atoms with Crippen molar-refractivity contribution in [3.05, 3.63) is 12.2 Å². The molecule has 0 saturated heterocycles. The number of ether oxygens (including phenoxy) is 2. The monoisotopic (exact) mass is 268 g/mol. The molecule has 1 aliphatic carbocycles. The number of carbonyl (C=O) groups is 2. The molecule has 4 nitrogen and oxygen atoms in total. The number of rotatable bonds is 6. The van der Waals surface area contributed by atoms with Crippen molar-refractivity contribution in [3.8, 4) is 0 Å². The van der Waals surface area contributed by atoms with E-state index >= 15 is 0 Å². The van der Waals surface area contributed by atoms with Crippen molar-refractivity contribution in [2.45, 2.75) is 58.5 Å². The predicted molar refractivity (Wildman–Crippen MR) is 72.5 cm³/mol. The van der Waals surface area contributed by atoms with Gasteiger partial charge in [-0.1, -0.05) is 19.9 Å². The predicted octanol–water partition coefficient (Wildman–Crippen LogP) is 3.01. The van der Waals surface area contributed by atoms with Gasteiger partial charge in [0.25, 0.3) is 0 Å². The molecule has 1 fully saturated rings. The Hall–Kier alpha value is -1.32. The van der Waals surface area contributed by atoms with Gasteiger partial charge in [-0.2, -0.15) is 0 Å². The van der Waals surface area contributed by atoms with Crippen molar-refractivity contribution in [2.24, 2.45) is 5.92 Å². The van der Waals surface area contributed by atoms with Crippen molar-refractivity contribution >= 4 is 11.9 Å². The molecule has 0 aliphatic heterocycles. The van der Waals surface area contributed by atoms with Gasteiger partial charge in [-0.3, -0.25) is 4.79 Å². The topological polar surface area (TPSA) is 52.6 Å². The van der Waals surface area contributed by atoms with Crippen LogP contribution in [-0.2, 0) is 19.1 Å². The molecule has 0 aromatic carbocycles. The third-order valence-corrected chi connectivity index (χ3v) is 3.37. The highest BCUT2D eigenvalue weighted by Gasteiger charge is 2.29. The lowest BCUT2D eigenvalue weighted by molar-refractivity contribution is -0.152. The van der Waals surface area contributed by atoms with Crippen LogP contribution in [-0.4, -0.2) is 24.6 Å². The molecule has 0 heterocycles.